The average molecular weight is 268 g/mol. The molecule has 4 heteroatoms. The highest BCUT2D eigenvalue weighted by Crippen LogP contribution is 2.15. The third-order valence-electron chi connectivity index (χ3n) is 2.12. The summed E-state index contributed by atoms with van der Waals surface area (Å²) >= 11 is 3.27. The molecule has 1 aromatic heterocycles. The smallest absolute Gasteiger partial charge is 0.245 e. The third-order valence-corrected chi connectivity index (χ3v) is 2.59. The lowest BCUT2D eigenvalue weighted by Crippen LogP contribution is -2.12. The van der Waals surface area contributed by atoms with Gasteiger partial charge in [-0.3, -0.25) is 9.78 Å². The molecule has 0 saturated carbocycles. The Labute approximate surface area is 96.3 Å². The molecule has 3 nitrogen and oxygen atoms in total. The van der Waals surface area contributed by atoms with Crippen LogP contribution in [0.1, 0.15) is 23.3 Å². The summed E-state index contributed by atoms with van der Waals surface area (Å²) in [6.45, 7) is 0.619. The highest BCUT2D eigenvalue weighted by atomic mass is 79.9. The summed E-state index contributed by atoms with van der Waals surface area (Å²) in [7, 11) is 0. The van der Waals surface area contributed by atoms with Crippen molar-refractivity contribution in [3.63, 3.8) is 0 Å². The maximum atomic E-state index is 11.8. The first-order chi connectivity index (χ1) is 7.27. The molecule has 0 bridgehead atoms. The van der Waals surface area contributed by atoms with Crippen LogP contribution in [0.15, 0.2) is 34.6 Å². The van der Waals surface area contributed by atoms with Crippen LogP contribution in [0.2, 0.25) is 0 Å². The molecule has 0 N–H and O–H groups in total. The van der Waals surface area contributed by atoms with E-state index < -0.39 is 0 Å². The standard InChI is InChI=1S/C11H10BrNO2/c12-8-4-5-9(13-7-8)11(14)10-3-1-2-6-15-10/h3-5,7H,1-2,6H2. The normalized spacial score (nSPS) is 15.4. The number of pyridine rings is 1. The Morgan fingerprint density at radius 1 is 1.47 bits per heavy atom. The van der Waals surface area contributed by atoms with E-state index >= 15 is 0 Å². The lowest BCUT2D eigenvalue weighted by Gasteiger charge is -2.13. The van der Waals surface area contributed by atoms with E-state index in [4.69, 9.17) is 4.74 Å². The molecule has 0 saturated heterocycles. The molecule has 1 aliphatic rings. The highest BCUT2D eigenvalue weighted by molar-refractivity contribution is 9.10. The van der Waals surface area contributed by atoms with Crippen molar-refractivity contribution in [3.05, 3.63) is 40.3 Å². The summed E-state index contributed by atoms with van der Waals surface area (Å²) < 4.78 is 6.14. The molecule has 0 amide bonds. The molecule has 15 heavy (non-hydrogen) atoms. The number of ether oxygens (including phenoxy) is 1. The van der Waals surface area contributed by atoms with Crippen LogP contribution in [0.3, 0.4) is 0 Å². The molecular formula is C11H10BrNO2. The van der Waals surface area contributed by atoms with Crippen LogP contribution in [0, 0.1) is 0 Å². The SMILES string of the molecule is O=C(C1=CCCCO1)c1ccc(Br)cn1. The maximum absolute atomic E-state index is 11.8. The van der Waals surface area contributed by atoms with Crippen LogP contribution in [-0.2, 0) is 4.74 Å². The van der Waals surface area contributed by atoms with Gasteiger partial charge < -0.3 is 4.74 Å². The number of nitrogens with zero attached hydrogens (tertiary/aromatic N) is 1. The van der Waals surface area contributed by atoms with E-state index in [0.717, 1.165) is 17.3 Å². The maximum Gasteiger partial charge on any atom is 0.245 e. The van der Waals surface area contributed by atoms with Crippen molar-refractivity contribution in [2.45, 2.75) is 12.8 Å². The van der Waals surface area contributed by atoms with Crippen LogP contribution in [0.4, 0.5) is 0 Å². The van der Waals surface area contributed by atoms with Crippen LogP contribution in [-0.4, -0.2) is 17.4 Å². The van der Waals surface area contributed by atoms with Crippen molar-refractivity contribution in [3.8, 4) is 0 Å². The zero-order valence-corrected chi connectivity index (χ0v) is 9.66. The fraction of sp³-hybridized carbons (Fsp3) is 0.273. The highest BCUT2D eigenvalue weighted by Gasteiger charge is 2.16. The Morgan fingerprint density at radius 2 is 2.33 bits per heavy atom. The number of ketones is 1. The van der Waals surface area contributed by atoms with Crippen LogP contribution < -0.4 is 0 Å². The van der Waals surface area contributed by atoms with E-state index in [0.29, 0.717) is 18.1 Å². The quantitative estimate of drug-likeness (QED) is 0.774. The van der Waals surface area contributed by atoms with Crippen LogP contribution in [0.5, 0.6) is 0 Å². The van der Waals surface area contributed by atoms with Crippen molar-refractivity contribution in [1.82, 2.24) is 4.98 Å². The first kappa shape index (κ1) is 10.4. The predicted molar refractivity (Wildman–Crippen MR) is 59.5 cm³/mol. The first-order valence-corrected chi connectivity index (χ1v) is 5.56. The lowest BCUT2D eigenvalue weighted by molar-refractivity contribution is 0.0894. The second kappa shape index (κ2) is 4.57. The Bertz CT molecular complexity index is 398. The Hall–Kier alpha value is -1.16. The molecule has 0 atom stereocenters. The second-order valence-electron chi connectivity index (χ2n) is 3.25. The molecule has 2 rings (SSSR count). The summed E-state index contributed by atoms with van der Waals surface area (Å²) in [6, 6.07) is 3.48. The number of carbonyl (C=O) groups excluding carboxylic acids is 1. The molecule has 0 aliphatic carbocycles. The molecule has 1 aromatic rings. The zero-order chi connectivity index (χ0) is 10.7. The largest absolute Gasteiger partial charge is 0.490 e. The summed E-state index contributed by atoms with van der Waals surface area (Å²) in [5.41, 5.74) is 0.423. The third kappa shape index (κ3) is 2.45. The monoisotopic (exact) mass is 267 g/mol. The van der Waals surface area contributed by atoms with E-state index in [2.05, 4.69) is 20.9 Å². The molecule has 2 heterocycles. The summed E-state index contributed by atoms with van der Waals surface area (Å²) in [6.07, 6.45) is 5.31. The zero-order valence-electron chi connectivity index (χ0n) is 8.07. The molecule has 0 fully saturated rings. The van der Waals surface area contributed by atoms with Gasteiger partial charge in [0.15, 0.2) is 5.76 Å². The molecule has 0 radical (unpaired) electrons. The average Bonchev–Trinajstić information content (AvgIpc) is 2.30. The van der Waals surface area contributed by atoms with Gasteiger partial charge in [-0.05, 0) is 47.0 Å². The van der Waals surface area contributed by atoms with Crippen molar-refractivity contribution < 1.29 is 9.53 Å². The van der Waals surface area contributed by atoms with Crippen molar-refractivity contribution >= 4 is 21.7 Å². The van der Waals surface area contributed by atoms with Gasteiger partial charge in [0.25, 0.3) is 0 Å². The molecule has 78 valence electrons. The summed E-state index contributed by atoms with van der Waals surface area (Å²) in [4.78, 5) is 15.9. The number of hydrogen-bond donors (Lipinski definition) is 0. The summed E-state index contributed by atoms with van der Waals surface area (Å²) in [5, 5.41) is 0. The molecular weight excluding hydrogens is 258 g/mol. The van der Waals surface area contributed by atoms with E-state index in [1.54, 1.807) is 18.3 Å². The number of Topliss-reactive ketones (excluding diaryl/α,β-unsaturated/α-hetero) is 1. The van der Waals surface area contributed by atoms with Gasteiger partial charge >= 0.3 is 0 Å². The van der Waals surface area contributed by atoms with Gasteiger partial charge in [-0.1, -0.05) is 0 Å². The second-order valence-corrected chi connectivity index (χ2v) is 4.17. The fourth-order valence-corrected chi connectivity index (χ4v) is 1.59. The van der Waals surface area contributed by atoms with Gasteiger partial charge in [-0.15, -0.1) is 0 Å². The fourth-order valence-electron chi connectivity index (χ4n) is 1.35. The van der Waals surface area contributed by atoms with Gasteiger partial charge in [0.1, 0.15) is 5.69 Å². The minimum atomic E-state index is -0.137. The van der Waals surface area contributed by atoms with E-state index in [1.165, 1.54) is 0 Å². The number of hydrogen-bond acceptors (Lipinski definition) is 3. The van der Waals surface area contributed by atoms with Gasteiger partial charge in [0.05, 0.1) is 6.61 Å². The first-order valence-electron chi connectivity index (χ1n) is 4.76. The van der Waals surface area contributed by atoms with Gasteiger partial charge in [-0.2, -0.15) is 0 Å². The predicted octanol–water partition coefficient (Wildman–Crippen LogP) is 2.72. The minimum Gasteiger partial charge on any atom is -0.490 e. The molecule has 1 aliphatic heterocycles. The van der Waals surface area contributed by atoms with Crippen molar-refractivity contribution in [1.29, 1.82) is 0 Å². The molecule has 0 aromatic carbocycles. The van der Waals surface area contributed by atoms with Gasteiger partial charge in [0, 0.05) is 10.7 Å². The number of rotatable bonds is 2. The van der Waals surface area contributed by atoms with Crippen LogP contribution in [0.25, 0.3) is 0 Å². The van der Waals surface area contributed by atoms with Crippen molar-refractivity contribution in [2.75, 3.05) is 6.61 Å². The minimum absolute atomic E-state index is 0.137. The number of allylic oxidation sites excluding steroid dienone is 2. The van der Waals surface area contributed by atoms with Crippen molar-refractivity contribution in [2.24, 2.45) is 0 Å². The van der Waals surface area contributed by atoms with Gasteiger partial charge in [0.2, 0.25) is 5.78 Å². The van der Waals surface area contributed by atoms with Gasteiger partial charge in [-0.25, -0.2) is 0 Å². The van der Waals surface area contributed by atoms with E-state index in [9.17, 15) is 4.79 Å². The van der Waals surface area contributed by atoms with Crippen LogP contribution >= 0.6 is 15.9 Å². The molecule has 0 unspecified atom stereocenters. The number of carbonyl (C=O) groups is 1. The Morgan fingerprint density at radius 3 is 2.93 bits per heavy atom. The lowest BCUT2D eigenvalue weighted by atomic mass is 10.1. The molecule has 0 spiro atoms. The van der Waals surface area contributed by atoms with E-state index in [-0.39, 0.29) is 5.78 Å². The number of aromatic nitrogens is 1. The Balaban J connectivity index is 2.20. The topological polar surface area (TPSA) is 39.2 Å². The Kier molecular flexibility index (Phi) is 3.16. The van der Waals surface area contributed by atoms with E-state index in [1.807, 2.05) is 6.08 Å². The number of halogens is 1. The summed E-state index contributed by atoms with van der Waals surface area (Å²) in [5.74, 6) is 0.290.